The van der Waals surface area contributed by atoms with E-state index in [1.807, 2.05) is 6.92 Å². The van der Waals surface area contributed by atoms with Crippen molar-refractivity contribution in [3.8, 4) is 0 Å². The highest BCUT2D eigenvalue weighted by molar-refractivity contribution is 7.97. The maximum Gasteiger partial charge on any atom is 0.0582 e. The second kappa shape index (κ2) is 5.03. The predicted molar refractivity (Wildman–Crippen MR) is 58.3 cm³/mol. The van der Waals surface area contributed by atoms with Crippen LogP contribution in [0.5, 0.6) is 0 Å². The van der Waals surface area contributed by atoms with Crippen molar-refractivity contribution in [1.82, 2.24) is 0 Å². The summed E-state index contributed by atoms with van der Waals surface area (Å²) >= 11 is 1.33. The van der Waals surface area contributed by atoms with E-state index in [0.29, 0.717) is 5.92 Å². The summed E-state index contributed by atoms with van der Waals surface area (Å²) in [6.45, 7) is 5.92. The lowest BCUT2D eigenvalue weighted by Gasteiger charge is -2.33. The molecule has 3 atom stereocenters. The third-order valence-corrected chi connectivity index (χ3v) is 3.85. The van der Waals surface area contributed by atoms with Crippen molar-refractivity contribution in [3.63, 3.8) is 0 Å². The minimum absolute atomic E-state index is 0.175. The first-order valence-corrected chi connectivity index (χ1v) is 5.80. The first-order valence-electron chi connectivity index (χ1n) is 4.85. The predicted octanol–water partition coefficient (Wildman–Crippen LogP) is 2.09. The molecule has 0 radical (unpaired) electrons. The van der Waals surface area contributed by atoms with Gasteiger partial charge in [0.2, 0.25) is 0 Å². The van der Waals surface area contributed by atoms with Crippen LogP contribution in [0.25, 0.3) is 0 Å². The standard InChI is InChI=1S/C10H19NOS/c1-7(2)10(13-11)8-5-3-4-6-9(8)12/h8-10,12H,1,3-6,11H2,2H3. The molecule has 0 aromatic carbocycles. The zero-order valence-corrected chi connectivity index (χ0v) is 9.02. The van der Waals surface area contributed by atoms with Crippen molar-refractivity contribution < 1.29 is 5.11 Å². The zero-order chi connectivity index (χ0) is 9.84. The third kappa shape index (κ3) is 2.73. The van der Waals surface area contributed by atoms with Gasteiger partial charge >= 0.3 is 0 Å². The SMILES string of the molecule is C=C(C)C(SN)C1CCCCC1O. The van der Waals surface area contributed by atoms with Gasteiger partial charge in [0.15, 0.2) is 0 Å². The Hall–Kier alpha value is 0.01000. The first kappa shape index (κ1) is 11.1. The topological polar surface area (TPSA) is 46.2 Å². The van der Waals surface area contributed by atoms with E-state index in [-0.39, 0.29) is 11.4 Å². The smallest absolute Gasteiger partial charge is 0.0582 e. The van der Waals surface area contributed by atoms with Gasteiger partial charge < -0.3 is 5.11 Å². The molecule has 0 bridgehead atoms. The van der Waals surface area contributed by atoms with Gasteiger partial charge in [0, 0.05) is 11.2 Å². The van der Waals surface area contributed by atoms with E-state index in [1.54, 1.807) is 0 Å². The molecule has 1 aliphatic carbocycles. The molecule has 2 nitrogen and oxygen atoms in total. The first-order chi connectivity index (χ1) is 6.16. The van der Waals surface area contributed by atoms with Crippen LogP contribution >= 0.6 is 11.9 Å². The third-order valence-electron chi connectivity index (χ3n) is 2.80. The zero-order valence-electron chi connectivity index (χ0n) is 8.20. The molecule has 3 N–H and O–H groups in total. The summed E-state index contributed by atoms with van der Waals surface area (Å²) in [6.07, 6.45) is 4.20. The normalized spacial score (nSPS) is 31.3. The van der Waals surface area contributed by atoms with Crippen molar-refractivity contribution >= 4 is 11.9 Å². The molecule has 0 saturated heterocycles. The number of hydrogen-bond donors (Lipinski definition) is 2. The van der Waals surface area contributed by atoms with Crippen LogP contribution in [0.3, 0.4) is 0 Å². The van der Waals surface area contributed by atoms with E-state index >= 15 is 0 Å². The van der Waals surface area contributed by atoms with E-state index in [0.717, 1.165) is 24.8 Å². The second-order valence-corrected chi connectivity index (χ2v) is 4.70. The molecule has 0 aromatic heterocycles. The highest BCUT2D eigenvalue weighted by Gasteiger charge is 2.30. The van der Waals surface area contributed by atoms with Crippen molar-refractivity contribution in [2.45, 2.75) is 44.0 Å². The minimum Gasteiger partial charge on any atom is -0.393 e. The van der Waals surface area contributed by atoms with Crippen molar-refractivity contribution in [2.75, 3.05) is 0 Å². The number of hydrogen-bond acceptors (Lipinski definition) is 3. The van der Waals surface area contributed by atoms with Gasteiger partial charge in [0.25, 0.3) is 0 Å². The fraction of sp³-hybridized carbons (Fsp3) is 0.800. The quantitative estimate of drug-likeness (QED) is 0.543. The lowest BCUT2D eigenvalue weighted by molar-refractivity contribution is 0.0727. The van der Waals surface area contributed by atoms with Crippen LogP contribution in [0.4, 0.5) is 0 Å². The number of rotatable bonds is 3. The van der Waals surface area contributed by atoms with Gasteiger partial charge in [-0.25, -0.2) is 0 Å². The summed E-state index contributed by atoms with van der Waals surface area (Å²) in [5, 5.41) is 15.7. The monoisotopic (exact) mass is 201 g/mol. The van der Waals surface area contributed by atoms with Crippen LogP contribution in [0, 0.1) is 5.92 Å². The Balaban J connectivity index is 2.60. The number of aliphatic hydroxyl groups is 1. The van der Waals surface area contributed by atoms with E-state index in [2.05, 4.69) is 6.58 Å². The Bertz CT molecular complexity index is 184. The molecule has 76 valence electrons. The average Bonchev–Trinajstić information content (AvgIpc) is 2.09. The molecule has 3 heteroatoms. The van der Waals surface area contributed by atoms with Gasteiger partial charge in [0.1, 0.15) is 0 Å². The fourth-order valence-corrected chi connectivity index (χ4v) is 2.83. The van der Waals surface area contributed by atoms with Gasteiger partial charge in [-0.2, -0.15) is 0 Å². The number of aliphatic hydroxyl groups excluding tert-OH is 1. The molecule has 1 saturated carbocycles. The summed E-state index contributed by atoms with van der Waals surface area (Å²) in [6, 6.07) is 0. The van der Waals surface area contributed by atoms with Gasteiger partial charge in [-0.1, -0.05) is 36.9 Å². The lowest BCUT2D eigenvalue weighted by atomic mass is 9.82. The summed E-state index contributed by atoms with van der Waals surface area (Å²) in [5.41, 5.74) is 1.08. The molecule has 0 aromatic rings. The van der Waals surface area contributed by atoms with Gasteiger partial charge in [-0.05, 0) is 19.8 Å². The van der Waals surface area contributed by atoms with Crippen molar-refractivity contribution in [3.05, 3.63) is 12.2 Å². The van der Waals surface area contributed by atoms with Crippen LogP contribution in [0.15, 0.2) is 12.2 Å². The van der Waals surface area contributed by atoms with Gasteiger partial charge in [0.05, 0.1) is 6.10 Å². The molecular weight excluding hydrogens is 182 g/mol. The summed E-state index contributed by atoms with van der Waals surface area (Å²) in [5.74, 6) is 0.321. The van der Waals surface area contributed by atoms with Crippen LogP contribution in [0.1, 0.15) is 32.6 Å². The highest BCUT2D eigenvalue weighted by atomic mass is 32.2. The summed E-state index contributed by atoms with van der Waals surface area (Å²) in [7, 11) is 0. The minimum atomic E-state index is -0.175. The Morgan fingerprint density at radius 3 is 2.62 bits per heavy atom. The molecule has 1 fully saturated rings. The van der Waals surface area contributed by atoms with Crippen molar-refractivity contribution in [1.29, 1.82) is 0 Å². The van der Waals surface area contributed by atoms with E-state index in [9.17, 15) is 5.11 Å². The van der Waals surface area contributed by atoms with Crippen LogP contribution in [-0.4, -0.2) is 16.5 Å². The molecular formula is C10H19NOS. The average molecular weight is 201 g/mol. The largest absolute Gasteiger partial charge is 0.393 e. The molecule has 1 aliphatic rings. The molecule has 0 amide bonds. The Morgan fingerprint density at radius 1 is 1.54 bits per heavy atom. The maximum atomic E-state index is 9.81. The lowest BCUT2D eigenvalue weighted by Crippen LogP contribution is -2.34. The molecule has 1 rings (SSSR count). The molecule has 0 aliphatic heterocycles. The van der Waals surface area contributed by atoms with Crippen LogP contribution < -0.4 is 5.14 Å². The molecule has 3 unspecified atom stereocenters. The molecule has 0 spiro atoms. The van der Waals surface area contributed by atoms with Gasteiger partial charge in [-0.15, -0.1) is 0 Å². The van der Waals surface area contributed by atoms with Crippen LogP contribution in [0.2, 0.25) is 0 Å². The summed E-state index contributed by atoms with van der Waals surface area (Å²) in [4.78, 5) is 0. The van der Waals surface area contributed by atoms with E-state index in [4.69, 9.17) is 5.14 Å². The highest BCUT2D eigenvalue weighted by Crippen LogP contribution is 2.34. The summed E-state index contributed by atoms with van der Waals surface area (Å²) < 4.78 is 0. The second-order valence-electron chi connectivity index (χ2n) is 3.92. The Morgan fingerprint density at radius 2 is 2.15 bits per heavy atom. The molecule has 0 heterocycles. The van der Waals surface area contributed by atoms with E-state index < -0.39 is 0 Å². The van der Waals surface area contributed by atoms with E-state index in [1.165, 1.54) is 18.4 Å². The fourth-order valence-electron chi connectivity index (χ4n) is 2.08. The maximum absolute atomic E-state index is 9.81. The number of nitrogens with two attached hydrogens (primary N) is 1. The van der Waals surface area contributed by atoms with Gasteiger partial charge in [-0.3, -0.25) is 5.14 Å². The molecule has 13 heavy (non-hydrogen) atoms. The Kier molecular flexibility index (Phi) is 4.29. The Labute approximate surface area is 84.7 Å². The van der Waals surface area contributed by atoms with Crippen molar-refractivity contribution in [2.24, 2.45) is 11.1 Å². The van der Waals surface area contributed by atoms with Crippen LogP contribution in [-0.2, 0) is 0 Å².